The second kappa shape index (κ2) is 11.2. The van der Waals surface area contributed by atoms with Crippen LogP contribution >= 0.6 is 0 Å². The van der Waals surface area contributed by atoms with Crippen molar-refractivity contribution in [3.63, 3.8) is 0 Å². The van der Waals surface area contributed by atoms with Crippen molar-refractivity contribution in [2.75, 3.05) is 53.1 Å². The van der Waals surface area contributed by atoms with Gasteiger partial charge in [-0.25, -0.2) is 13.1 Å². The molecule has 0 amide bonds. The molecule has 0 aliphatic rings. The zero-order valence-corrected chi connectivity index (χ0v) is 19.2. The normalized spacial score (nSPS) is 12.8. The van der Waals surface area contributed by atoms with Crippen LogP contribution in [0.5, 0.6) is 0 Å². The lowest BCUT2D eigenvalue weighted by atomic mass is 10.1. The first-order valence-corrected chi connectivity index (χ1v) is 11.5. The SMILES string of the molecule is CN(C)CCNS(=O)(=O)c1ccc(NCC(Cc2ccccc2)N(C)C)c([N+](=O)[O-])c1. The Morgan fingerprint density at radius 2 is 1.74 bits per heavy atom. The zero-order valence-electron chi connectivity index (χ0n) is 18.4. The van der Waals surface area contributed by atoms with Gasteiger partial charge in [0.2, 0.25) is 10.0 Å². The number of sulfonamides is 1. The summed E-state index contributed by atoms with van der Waals surface area (Å²) in [6.45, 7) is 1.21. The molecule has 9 nitrogen and oxygen atoms in total. The molecule has 0 heterocycles. The topological polar surface area (TPSA) is 108 Å². The number of nitro groups is 1. The first kappa shape index (κ1) is 24.7. The van der Waals surface area contributed by atoms with Crippen LogP contribution in [0.15, 0.2) is 53.4 Å². The number of rotatable bonds is 12. The van der Waals surface area contributed by atoms with Gasteiger partial charge < -0.3 is 15.1 Å². The molecular formula is C21H31N5O4S. The summed E-state index contributed by atoms with van der Waals surface area (Å²) in [6, 6.07) is 14.0. The van der Waals surface area contributed by atoms with E-state index in [9.17, 15) is 18.5 Å². The summed E-state index contributed by atoms with van der Waals surface area (Å²) >= 11 is 0. The fraction of sp³-hybridized carbons (Fsp3) is 0.429. The predicted octanol–water partition coefficient (Wildman–Crippen LogP) is 2.02. The number of likely N-dealkylation sites (N-methyl/N-ethyl adjacent to an activating group) is 2. The van der Waals surface area contributed by atoms with Crippen molar-refractivity contribution in [3.8, 4) is 0 Å². The molecule has 31 heavy (non-hydrogen) atoms. The van der Waals surface area contributed by atoms with Gasteiger partial charge in [0, 0.05) is 31.7 Å². The molecule has 2 N–H and O–H groups in total. The molecule has 0 fully saturated rings. The van der Waals surface area contributed by atoms with E-state index in [1.165, 1.54) is 17.7 Å². The standard InChI is InChI=1S/C21H31N5O4S/c1-24(2)13-12-23-31(29,30)19-10-11-20(21(15-19)26(27)28)22-16-18(25(3)4)14-17-8-6-5-7-9-17/h5-11,15,18,22-23H,12-14,16H2,1-4H3. The molecule has 0 aliphatic carbocycles. The lowest BCUT2D eigenvalue weighted by Gasteiger charge is -2.25. The van der Waals surface area contributed by atoms with E-state index in [0.29, 0.717) is 13.1 Å². The number of nitrogens with one attached hydrogen (secondary N) is 2. The highest BCUT2D eigenvalue weighted by Gasteiger charge is 2.22. The Balaban J connectivity index is 2.16. The summed E-state index contributed by atoms with van der Waals surface area (Å²) in [5.41, 5.74) is 1.19. The van der Waals surface area contributed by atoms with Crippen LogP contribution in [-0.2, 0) is 16.4 Å². The van der Waals surface area contributed by atoms with E-state index < -0.39 is 14.9 Å². The molecule has 0 saturated carbocycles. The minimum atomic E-state index is -3.83. The molecule has 2 aromatic rings. The minimum Gasteiger partial charge on any atom is -0.378 e. The van der Waals surface area contributed by atoms with Gasteiger partial charge in [0.05, 0.1) is 9.82 Å². The van der Waals surface area contributed by atoms with E-state index in [-0.39, 0.29) is 28.9 Å². The fourth-order valence-corrected chi connectivity index (χ4v) is 4.06. The van der Waals surface area contributed by atoms with Crippen LogP contribution in [0.1, 0.15) is 5.56 Å². The largest absolute Gasteiger partial charge is 0.378 e. The van der Waals surface area contributed by atoms with Crippen LogP contribution < -0.4 is 10.0 Å². The maximum Gasteiger partial charge on any atom is 0.293 e. The van der Waals surface area contributed by atoms with Crippen molar-refractivity contribution in [2.24, 2.45) is 0 Å². The maximum absolute atomic E-state index is 12.5. The zero-order chi connectivity index (χ0) is 23.0. The van der Waals surface area contributed by atoms with Crippen molar-refractivity contribution in [3.05, 3.63) is 64.2 Å². The van der Waals surface area contributed by atoms with E-state index in [2.05, 4.69) is 14.9 Å². The number of hydrogen-bond acceptors (Lipinski definition) is 7. The lowest BCUT2D eigenvalue weighted by molar-refractivity contribution is -0.384. The van der Waals surface area contributed by atoms with Gasteiger partial charge in [-0.1, -0.05) is 30.3 Å². The summed E-state index contributed by atoms with van der Waals surface area (Å²) in [4.78, 5) is 14.8. The molecule has 170 valence electrons. The van der Waals surface area contributed by atoms with Crippen LogP contribution in [-0.4, -0.2) is 77.0 Å². The Labute approximate surface area is 184 Å². The molecule has 10 heteroatoms. The van der Waals surface area contributed by atoms with Crippen molar-refractivity contribution >= 4 is 21.4 Å². The average molecular weight is 450 g/mol. The van der Waals surface area contributed by atoms with Crippen LogP contribution in [0.25, 0.3) is 0 Å². The van der Waals surface area contributed by atoms with Gasteiger partial charge in [-0.15, -0.1) is 0 Å². The Morgan fingerprint density at radius 3 is 2.32 bits per heavy atom. The van der Waals surface area contributed by atoms with Crippen LogP contribution in [0, 0.1) is 10.1 Å². The first-order valence-electron chi connectivity index (χ1n) is 9.97. The Kier molecular flexibility index (Phi) is 8.93. The minimum absolute atomic E-state index is 0.0955. The molecule has 2 rings (SSSR count). The van der Waals surface area contributed by atoms with Crippen molar-refractivity contribution in [1.29, 1.82) is 0 Å². The summed E-state index contributed by atoms with van der Waals surface area (Å²) in [5.74, 6) is 0. The van der Waals surface area contributed by atoms with Crippen LogP contribution in [0.2, 0.25) is 0 Å². The lowest BCUT2D eigenvalue weighted by Crippen LogP contribution is -2.36. The molecule has 1 unspecified atom stereocenters. The fourth-order valence-electron chi connectivity index (χ4n) is 3.02. The van der Waals surface area contributed by atoms with Gasteiger partial charge in [-0.3, -0.25) is 10.1 Å². The van der Waals surface area contributed by atoms with E-state index in [1.807, 2.05) is 63.4 Å². The third-order valence-corrected chi connectivity index (χ3v) is 6.36. The summed E-state index contributed by atoms with van der Waals surface area (Å²) in [7, 11) is 3.75. The second-order valence-corrected chi connectivity index (χ2v) is 9.59. The number of anilines is 1. The van der Waals surface area contributed by atoms with Crippen molar-refractivity contribution in [1.82, 2.24) is 14.5 Å². The number of benzene rings is 2. The molecule has 0 saturated heterocycles. The molecule has 0 aliphatic heterocycles. The number of hydrogen-bond donors (Lipinski definition) is 2. The monoisotopic (exact) mass is 449 g/mol. The van der Waals surface area contributed by atoms with E-state index in [0.717, 1.165) is 12.5 Å². The Hall–Kier alpha value is -2.53. The highest BCUT2D eigenvalue weighted by Crippen LogP contribution is 2.27. The first-order chi connectivity index (χ1) is 14.6. The third kappa shape index (κ3) is 7.59. The smallest absolute Gasteiger partial charge is 0.293 e. The van der Waals surface area contributed by atoms with E-state index >= 15 is 0 Å². The Bertz CT molecular complexity index is 965. The van der Waals surface area contributed by atoms with Gasteiger partial charge >= 0.3 is 0 Å². The molecule has 1 atom stereocenters. The molecule has 0 spiro atoms. The highest BCUT2D eigenvalue weighted by atomic mass is 32.2. The van der Waals surface area contributed by atoms with Gasteiger partial charge in [-0.05, 0) is 52.3 Å². The maximum atomic E-state index is 12.5. The van der Waals surface area contributed by atoms with E-state index in [4.69, 9.17) is 0 Å². The summed E-state index contributed by atoms with van der Waals surface area (Å²) in [6.07, 6.45) is 0.775. The average Bonchev–Trinajstić information content (AvgIpc) is 2.71. The highest BCUT2D eigenvalue weighted by molar-refractivity contribution is 7.89. The molecule has 2 aromatic carbocycles. The van der Waals surface area contributed by atoms with Gasteiger partial charge in [-0.2, -0.15) is 0 Å². The molecule has 0 aromatic heterocycles. The second-order valence-electron chi connectivity index (χ2n) is 7.83. The Morgan fingerprint density at radius 1 is 1.06 bits per heavy atom. The number of nitrogens with zero attached hydrogens (tertiary/aromatic N) is 3. The molecule has 0 bridgehead atoms. The van der Waals surface area contributed by atoms with Crippen molar-refractivity contribution < 1.29 is 13.3 Å². The summed E-state index contributed by atoms with van der Waals surface area (Å²) in [5, 5.41) is 14.7. The quantitative estimate of drug-likeness (QED) is 0.377. The van der Waals surface area contributed by atoms with Gasteiger partial charge in [0.1, 0.15) is 5.69 Å². The third-order valence-electron chi connectivity index (χ3n) is 4.90. The summed E-state index contributed by atoms with van der Waals surface area (Å²) < 4.78 is 27.4. The van der Waals surface area contributed by atoms with Crippen molar-refractivity contribution in [2.45, 2.75) is 17.4 Å². The molecule has 0 radical (unpaired) electrons. The molecular weight excluding hydrogens is 418 g/mol. The van der Waals surface area contributed by atoms with Crippen LogP contribution in [0.4, 0.5) is 11.4 Å². The van der Waals surface area contributed by atoms with E-state index in [1.54, 1.807) is 0 Å². The predicted molar refractivity (Wildman–Crippen MR) is 123 cm³/mol. The van der Waals surface area contributed by atoms with Gasteiger partial charge in [0.15, 0.2) is 0 Å². The number of nitro benzene ring substituents is 1. The van der Waals surface area contributed by atoms with Gasteiger partial charge in [0.25, 0.3) is 5.69 Å². The van der Waals surface area contributed by atoms with Crippen LogP contribution in [0.3, 0.4) is 0 Å².